The molecular formula is C11H13N3S2. The molecule has 84 valence electrons. The SMILES string of the molecule is CNc1[nH]c(=S)nc2sc3c(c12)CCCC3. The van der Waals surface area contributed by atoms with Gasteiger partial charge >= 0.3 is 0 Å². The van der Waals surface area contributed by atoms with Crippen LogP contribution in [0.5, 0.6) is 0 Å². The van der Waals surface area contributed by atoms with Crippen LogP contribution in [0.15, 0.2) is 0 Å². The second-order valence-electron chi connectivity index (χ2n) is 4.06. The van der Waals surface area contributed by atoms with Gasteiger partial charge in [-0.1, -0.05) is 0 Å². The third-order valence-electron chi connectivity index (χ3n) is 3.09. The highest BCUT2D eigenvalue weighted by molar-refractivity contribution is 7.71. The third-order valence-corrected chi connectivity index (χ3v) is 4.47. The number of fused-ring (bicyclic) bond motifs is 3. The molecule has 0 saturated carbocycles. The van der Waals surface area contributed by atoms with E-state index in [1.807, 2.05) is 7.05 Å². The molecule has 1 aliphatic carbocycles. The zero-order valence-corrected chi connectivity index (χ0v) is 10.7. The maximum atomic E-state index is 5.13. The molecule has 0 atom stereocenters. The lowest BCUT2D eigenvalue weighted by Gasteiger charge is -2.11. The largest absolute Gasteiger partial charge is 0.374 e. The molecule has 0 saturated heterocycles. The molecule has 2 N–H and O–H groups in total. The lowest BCUT2D eigenvalue weighted by Crippen LogP contribution is -2.01. The van der Waals surface area contributed by atoms with Gasteiger partial charge in [-0.3, -0.25) is 0 Å². The number of hydrogen-bond donors (Lipinski definition) is 2. The number of nitrogens with one attached hydrogen (secondary N) is 2. The summed E-state index contributed by atoms with van der Waals surface area (Å²) in [6, 6.07) is 0. The Labute approximate surface area is 103 Å². The molecule has 2 aromatic heterocycles. The van der Waals surface area contributed by atoms with Crippen molar-refractivity contribution in [2.24, 2.45) is 0 Å². The molecule has 0 radical (unpaired) electrons. The lowest BCUT2D eigenvalue weighted by atomic mass is 9.97. The predicted octanol–water partition coefficient (Wildman–Crippen LogP) is 3.27. The highest BCUT2D eigenvalue weighted by Gasteiger charge is 2.19. The number of anilines is 1. The van der Waals surface area contributed by atoms with Gasteiger partial charge in [0.1, 0.15) is 10.6 Å². The summed E-state index contributed by atoms with van der Waals surface area (Å²) in [5.41, 5.74) is 1.48. The van der Waals surface area contributed by atoms with Crippen LogP contribution in [0.1, 0.15) is 23.3 Å². The van der Waals surface area contributed by atoms with Gasteiger partial charge < -0.3 is 10.3 Å². The number of H-pyrrole nitrogens is 1. The lowest BCUT2D eigenvalue weighted by molar-refractivity contribution is 0.700. The van der Waals surface area contributed by atoms with Gasteiger partial charge in [-0.25, -0.2) is 4.98 Å². The summed E-state index contributed by atoms with van der Waals surface area (Å²) < 4.78 is 0.565. The number of nitrogens with zero attached hydrogens (tertiary/aromatic N) is 1. The van der Waals surface area contributed by atoms with E-state index in [4.69, 9.17) is 12.2 Å². The average molecular weight is 251 g/mol. The minimum Gasteiger partial charge on any atom is -0.374 e. The van der Waals surface area contributed by atoms with Crippen molar-refractivity contribution >= 4 is 39.6 Å². The van der Waals surface area contributed by atoms with Gasteiger partial charge in [-0.15, -0.1) is 11.3 Å². The molecule has 16 heavy (non-hydrogen) atoms. The molecule has 0 aliphatic heterocycles. The molecular weight excluding hydrogens is 238 g/mol. The molecule has 2 heterocycles. The van der Waals surface area contributed by atoms with E-state index in [0.29, 0.717) is 4.77 Å². The number of aryl methyl sites for hydroxylation is 2. The molecule has 2 aromatic rings. The van der Waals surface area contributed by atoms with Crippen LogP contribution in [0.4, 0.5) is 5.82 Å². The first kappa shape index (κ1) is 10.2. The molecule has 0 unspecified atom stereocenters. The molecule has 0 amide bonds. The Balaban J connectivity index is 2.39. The first-order chi connectivity index (χ1) is 7.79. The molecule has 5 heteroatoms. The van der Waals surface area contributed by atoms with Crippen LogP contribution in [0.3, 0.4) is 0 Å². The minimum absolute atomic E-state index is 0.565. The number of aromatic nitrogens is 2. The zero-order chi connectivity index (χ0) is 11.1. The van der Waals surface area contributed by atoms with Gasteiger partial charge in [0.2, 0.25) is 0 Å². The zero-order valence-electron chi connectivity index (χ0n) is 9.09. The molecule has 0 aromatic carbocycles. The van der Waals surface area contributed by atoms with Crippen molar-refractivity contribution in [3.8, 4) is 0 Å². The third kappa shape index (κ3) is 1.46. The monoisotopic (exact) mass is 251 g/mol. The van der Waals surface area contributed by atoms with Crippen molar-refractivity contribution in [1.29, 1.82) is 0 Å². The maximum Gasteiger partial charge on any atom is 0.199 e. The molecule has 3 rings (SSSR count). The van der Waals surface area contributed by atoms with Crippen molar-refractivity contribution < 1.29 is 0 Å². The van der Waals surface area contributed by atoms with Crippen molar-refractivity contribution in [3.05, 3.63) is 15.2 Å². The molecule has 0 bridgehead atoms. The number of rotatable bonds is 1. The average Bonchev–Trinajstić information content (AvgIpc) is 2.65. The Kier molecular flexibility index (Phi) is 2.44. The van der Waals surface area contributed by atoms with Gasteiger partial charge in [-0.05, 0) is 43.5 Å². The molecule has 1 aliphatic rings. The predicted molar refractivity (Wildman–Crippen MR) is 71.0 cm³/mol. The van der Waals surface area contributed by atoms with Crippen molar-refractivity contribution in [2.75, 3.05) is 12.4 Å². The van der Waals surface area contributed by atoms with Gasteiger partial charge in [0.05, 0.1) is 5.39 Å². The van der Waals surface area contributed by atoms with Gasteiger partial charge in [0, 0.05) is 11.9 Å². The molecule has 0 fully saturated rings. The second-order valence-corrected chi connectivity index (χ2v) is 5.53. The summed E-state index contributed by atoms with van der Waals surface area (Å²) in [4.78, 5) is 10.1. The first-order valence-corrected chi connectivity index (χ1v) is 6.74. The van der Waals surface area contributed by atoms with E-state index in [-0.39, 0.29) is 0 Å². The Morgan fingerprint density at radius 3 is 3.00 bits per heavy atom. The van der Waals surface area contributed by atoms with Crippen LogP contribution < -0.4 is 5.32 Å². The standard InChI is InChI=1S/C11H13N3S2/c1-12-9-8-6-4-2-3-5-7(6)16-10(8)14-11(15)13-9/h2-5H2,1H3,(H2,12,13,14,15). The normalized spacial score (nSPS) is 15.1. The Morgan fingerprint density at radius 2 is 2.19 bits per heavy atom. The van der Waals surface area contributed by atoms with Crippen molar-refractivity contribution in [3.63, 3.8) is 0 Å². The Hall–Kier alpha value is -0.940. The topological polar surface area (TPSA) is 40.7 Å². The smallest absolute Gasteiger partial charge is 0.199 e. The fraction of sp³-hybridized carbons (Fsp3) is 0.455. The second kappa shape index (κ2) is 3.82. The summed E-state index contributed by atoms with van der Waals surface area (Å²) in [7, 11) is 1.92. The summed E-state index contributed by atoms with van der Waals surface area (Å²) in [6.07, 6.45) is 4.97. The number of thiophene rings is 1. The number of aromatic amines is 1. The van der Waals surface area contributed by atoms with E-state index in [1.54, 1.807) is 11.3 Å². The summed E-state index contributed by atoms with van der Waals surface area (Å²) in [6.45, 7) is 0. The highest BCUT2D eigenvalue weighted by Crippen LogP contribution is 2.37. The first-order valence-electron chi connectivity index (χ1n) is 5.52. The van der Waals surface area contributed by atoms with E-state index >= 15 is 0 Å². The van der Waals surface area contributed by atoms with E-state index in [0.717, 1.165) is 10.6 Å². The highest BCUT2D eigenvalue weighted by atomic mass is 32.1. The number of hydrogen-bond acceptors (Lipinski definition) is 4. The molecule has 3 nitrogen and oxygen atoms in total. The maximum absolute atomic E-state index is 5.13. The Morgan fingerprint density at radius 1 is 1.38 bits per heavy atom. The van der Waals surface area contributed by atoms with Crippen molar-refractivity contribution in [2.45, 2.75) is 25.7 Å². The fourth-order valence-corrected chi connectivity index (χ4v) is 3.89. The van der Waals surface area contributed by atoms with E-state index in [9.17, 15) is 0 Å². The minimum atomic E-state index is 0.565. The van der Waals surface area contributed by atoms with Crippen LogP contribution in [0.2, 0.25) is 0 Å². The van der Waals surface area contributed by atoms with Crippen LogP contribution in [-0.4, -0.2) is 17.0 Å². The summed E-state index contributed by atoms with van der Waals surface area (Å²) in [5, 5.41) is 4.45. The van der Waals surface area contributed by atoms with Crippen LogP contribution in [-0.2, 0) is 12.8 Å². The van der Waals surface area contributed by atoms with Crippen molar-refractivity contribution in [1.82, 2.24) is 9.97 Å². The van der Waals surface area contributed by atoms with E-state index in [2.05, 4.69) is 15.3 Å². The van der Waals surface area contributed by atoms with E-state index in [1.165, 1.54) is 41.5 Å². The van der Waals surface area contributed by atoms with Crippen LogP contribution in [0, 0.1) is 4.77 Å². The van der Waals surface area contributed by atoms with Crippen LogP contribution in [0.25, 0.3) is 10.2 Å². The fourth-order valence-electron chi connectivity index (χ4n) is 2.37. The summed E-state index contributed by atoms with van der Waals surface area (Å²) in [5.74, 6) is 1.02. The van der Waals surface area contributed by atoms with E-state index < -0.39 is 0 Å². The summed E-state index contributed by atoms with van der Waals surface area (Å²) >= 11 is 6.94. The van der Waals surface area contributed by atoms with Gasteiger partial charge in [0.25, 0.3) is 0 Å². The Bertz CT molecular complexity index is 597. The van der Waals surface area contributed by atoms with Gasteiger partial charge in [-0.2, -0.15) is 0 Å². The quantitative estimate of drug-likeness (QED) is 0.764. The van der Waals surface area contributed by atoms with Gasteiger partial charge in [0.15, 0.2) is 4.77 Å². The van der Waals surface area contributed by atoms with Crippen LogP contribution >= 0.6 is 23.6 Å². The molecule has 0 spiro atoms.